The van der Waals surface area contributed by atoms with Crippen molar-refractivity contribution in [2.24, 2.45) is 11.7 Å². The maximum atomic E-state index is 10.2. The first-order chi connectivity index (χ1) is 5.43. The van der Waals surface area contributed by atoms with E-state index in [-0.39, 0.29) is 12.1 Å². The zero-order valence-corrected chi connectivity index (χ0v) is 7.87. The zero-order chi connectivity index (χ0) is 9.72. The van der Waals surface area contributed by atoms with Gasteiger partial charge in [0.05, 0.1) is 0 Å². The number of hydrogen-bond acceptors (Lipinski definition) is 2. The summed E-state index contributed by atoms with van der Waals surface area (Å²) in [6.07, 6.45) is -0.178. The smallest absolute Gasteiger partial charge is 0.404 e. The SMILES string of the molecule is CC(C)C[C@@H](N)[C@H](C)NC(=O)O. The van der Waals surface area contributed by atoms with Gasteiger partial charge in [0.1, 0.15) is 0 Å². The van der Waals surface area contributed by atoms with Gasteiger partial charge < -0.3 is 16.2 Å². The number of nitrogens with one attached hydrogen (secondary N) is 1. The van der Waals surface area contributed by atoms with Crippen LogP contribution in [0.4, 0.5) is 4.79 Å². The van der Waals surface area contributed by atoms with Crippen molar-refractivity contribution < 1.29 is 9.90 Å². The molecular formula is C8H18N2O2. The number of nitrogens with two attached hydrogens (primary N) is 1. The molecule has 0 aromatic rings. The summed E-state index contributed by atoms with van der Waals surface area (Å²) in [7, 11) is 0. The van der Waals surface area contributed by atoms with E-state index in [4.69, 9.17) is 10.8 Å². The predicted octanol–water partition coefficient (Wildman–Crippen LogP) is 1.02. The van der Waals surface area contributed by atoms with E-state index in [2.05, 4.69) is 19.2 Å². The molecule has 0 saturated carbocycles. The van der Waals surface area contributed by atoms with Gasteiger partial charge in [-0.05, 0) is 19.3 Å². The summed E-state index contributed by atoms with van der Waals surface area (Å²) in [5, 5.41) is 10.7. The fraction of sp³-hybridized carbons (Fsp3) is 0.875. The maximum absolute atomic E-state index is 10.2. The van der Waals surface area contributed by atoms with E-state index in [0.717, 1.165) is 6.42 Å². The van der Waals surface area contributed by atoms with Crippen LogP contribution in [0, 0.1) is 5.92 Å². The van der Waals surface area contributed by atoms with Crippen molar-refractivity contribution in [3.05, 3.63) is 0 Å². The molecule has 1 amide bonds. The quantitative estimate of drug-likeness (QED) is 0.595. The van der Waals surface area contributed by atoms with Gasteiger partial charge in [-0.25, -0.2) is 4.79 Å². The summed E-state index contributed by atoms with van der Waals surface area (Å²) >= 11 is 0. The highest BCUT2D eigenvalue weighted by atomic mass is 16.4. The first-order valence-electron chi connectivity index (χ1n) is 4.18. The molecule has 0 heterocycles. The lowest BCUT2D eigenvalue weighted by Gasteiger charge is -2.21. The summed E-state index contributed by atoms with van der Waals surface area (Å²) in [6.45, 7) is 5.90. The van der Waals surface area contributed by atoms with E-state index in [9.17, 15) is 4.79 Å². The Labute approximate surface area is 73.1 Å². The second kappa shape index (κ2) is 4.98. The molecule has 0 saturated heterocycles. The van der Waals surface area contributed by atoms with Crippen LogP contribution in [0.1, 0.15) is 27.2 Å². The van der Waals surface area contributed by atoms with E-state index in [0.29, 0.717) is 5.92 Å². The molecule has 12 heavy (non-hydrogen) atoms. The third-order valence-corrected chi connectivity index (χ3v) is 1.74. The van der Waals surface area contributed by atoms with Gasteiger partial charge in [-0.1, -0.05) is 13.8 Å². The van der Waals surface area contributed by atoms with Crippen molar-refractivity contribution in [2.75, 3.05) is 0 Å². The van der Waals surface area contributed by atoms with Gasteiger partial charge in [0, 0.05) is 12.1 Å². The monoisotopic (exact) mass is 174 g/mol. The summed E-state index contributed by atoms with van der Waals surface area (Å²) < 4.78 is 0. The van der Waals surface area contributed by atoms with Gasteiger partial charge in [0.2, 0.25) is 0 Å². The highest BCUT2D eigenvalue weighted by Gasteiger charge is 2.15. The Bertz CT molecular complexity index is 148. The normalized spacial score (nSPS) is 15.8. The summed E-state index contributed by atoms with van der Waals surface area (Å²) in [5.41, 5.74) is 5.74. The summed E-state index contributed by atoms with van der Waals surface area (Å²) in [5.74, 6) is 0.498. The van der Waals surface area contributed by atoms with Gasteiger partial charge in [0.15, 0.2) is 0 Å². The standard InChI is InChI=1S/C8H18N2O2/c1-5(2)4-7(9)6(3)10-8(11)12/h5-7,10H,4,9H2,1-3H3,(H,11,12)/t6-,7+/m0/s1. The lowest BCUT2D eigenvalue weighted by molar-refractivity contribution is 0.188. The first kappa shape index (κ1) is 11.2. The second-order valence-corrected chi connectivity index (χ2v) is 3.53. The van der Waals surface area contributed by atoms with E-state index in [1.165, 1.54) is 0 Å². The van der Waals surface area contributed by atoms with Crippen molar-refractivity contribution in [1.29, 1.82) is 0 Å². The minimum absolute atomic E-state index is 0.0962. The fourth-order valence-electron chi connectivity index (χ4n) is 1.05. The third kappa shape index (κ3) is 4.96. The molecule has 4 N–H and O–H groups in total. The van der Waals surface area contributed by atoms with E-state index in [1.54, 1.807) is 6.92 Å². The van der Waals surface area contributed by atoms with Crippen molar-refractivity contribution in [2.45, 2.75) is 39.3 Å². The zero-order valence-electron chi connectivity index (χ0n) is 7.87. The van der Waals surface area contributed by atoms with Gasteiger partial charge in [-0.2, -0.15) is 0 Å². The highest BCUT2D eigenvalue weighted by Crippen LogP contribution is 2.05. The number of hydrogen-bond donors (Lipinski definition) is 3. The molecule has 0 aliphatic heterocycles. The van der Waals surface area contributed by atoms with E-state index in [1.807, 2.05) is 0 Å². The van der Waals surface area contributed by atoms with Crippen LogP contribution in [0.2, 0.25) is 0 Å². The Morgan fingerprint density at radius 1 is 1.50 bits per heavy atom. The van der Waals surface area contributed by atoms with Crippen LogP contribution in [0.25, 0.3) is 0 Å². The molecule has 0 spiro atoms. The van der Waals surface area contributed by atoms with Crippen LogP contribution < -0.4 is 11.1 Å². The second-order valence-electron chi connectivity index (χ2n) is 3.53. The molecule has 2 atom stereocenters. The van der Waals surface area contributed by atoms with Gasteiger partial charge in [-0.15, -0.1) is 0 Å². The molecule has 72 valence electrons. The molecule has 4 heteroatoms. The maximum Gasteiger partial charge on any atom is 0.404 e. The van der Waals surface area contributed by atoms with E-state index >= 15 is 0 Å². The Morgan fingerprint density at radius 2 is 2.00 bits per heavy atom. The van der Waals surface area contributed by atoms with Crippen LogP contribution in [-0.2, 0) is 0 Å². The van der Waals surface area contributed by atoms with Crippen molar-refractivity contribution >= 4 is 6.09 Å². The molecule has 0 aliphatic rings. The number of amides is 1. The Balaban J connectivity index is 3.76. The van der Waals surface area contributed by atoms with Crippen molar-refractivity contribution in [3.63, 3.8) is 0 Å². The van der Waals surface area contributed by atoms with Crippen LogP contribution in [0.5, 0.6) is 0 Å². The molecule has 0 aliphatic carbocycles. The molecule has 0 fully saturated rings. The van der Waals surface area contributed by atoms with Gasteiger partial charge in [-0.3, -0.25) is 0 Å². The fourth-order valence-corrected chi connectivity index (χ4v) is 1.05. The lowest BCUT2D eigenvalue weighted by atomic mass is 9.99. The molecule has 0 bridgehead atoms. The van der Waals surface area contributed by atoms with E-state index < -0.39 is 6.09 Å². The van der Waals surface area contributed by atoms with Gasteiger partial charge >= 0.3 is 6.09 Å². The first-order valence-corrected chi connectivity index (χ1v) is 4.18. The largest absolute Gasteiger partial charge is 0.465 e. The van der Waals surface area contributed by atoms with Crippen LogP contribution in [0.3, 0.4) is 0 Å². The molecule has 0 aromatic heterocycles. The summed E-state index contributed by atoms with van der Waals surface area (Å²) in [6, 6.07) is -0.272. The molecule has 0 aromatic carbocycles. The number of rotatable bonds is 4. The van der Waals surface area contributed by atoms with Crippen molar-refractivity contribution in [3.8, 4) is 0 Å². The Kier molecular flexibility index (Phi) is 4.66. The summed E-state index contributed by atoms with van der Waals surface area (Å²) in [4.78, 5) is 10.2. The van der Waals surface area contributed by atoms with Gasteiger partial charge in [0.25, 0.3) is 0 Å². The predicted molar refractivity (Wildman–Crippen MR) is 48.1 cm³/mol. The van der Waals surface area contributed by atoms with Crippen molar-refractivity contribution in [1.82, 2.24) is 5.32 Å². The number of carbonyl (C=O) groups is 1. The minimum Gasteiger partial charge on any atom is -0.465 e. The third-order valence-electron chi connectivity index (χ3n) is 1.74. The molecule has 0 unspecified atom stereocenters. The average molecular weight is 174 g/mol. The van der Waals surface area contributed by atoms with Crippen LogP contribution >= 0.6 is 0 Å². The number of carboxylic acid groups (broad SMARTS) is 1. The highest BCUT2D eigenvalue weighted by molar-refractivity contribution is 5.64. The topological polar surface area (TPSA) is 75.3 Å². The van der Waals surface area contributed by atoms with Crippen LogP contribution in [0.15, 0.2) is 0 Å². The Morgan fingerprint density at radius 3 is 2.33 bits per heavy atom. The Hall–Kier alpha value is -0.770. The lowest BCUT2D eigenvalue weighted by Crippen LogP contribution is -2.45. The average Bonchev–Trinajstić information content (AvgIpc) is 1.84. The molecule has 0 rings (SSSR count). The molecule has 0 radical (unpaired) electrons. The minimum atomic E-state index is -1.01. The molecule has 4 nitrogen and oxygen atoms in total. The molecular weight excluding hydrogens is 156 g/mol. The van der Waals surface area contributed by atoms with Crippen LogP contribution in [-0.4, -0.2) is 23.3 Å².